The molecule has 4 nitrogen and oxygen atoms in total. The van der Waals surface area contributed by atoms with Crippen molar-refractivity contribution in [3.05, 3.63) is 47.3 Å². The molecular formula is C15H17F2N3O. The molecule has 1 heterocycles. The summed E-state index contributed by atoms with van der Waals surface area (Å²) in [6.07, 6.45) is 0. The molecule has 1 aromatic carbocycles. The number of halogens is 2. The van der Waals surface area contributed by atoms with Crippen LogP contribution in [0.3, 0.4) is 0 Å². The molecule has 0 bridgehead atoms. The van der Waals surface area contributed by atoms with Crippen molar-refractivity contribution in [2.75, 3.05) is 20.3 Å². The number of nitrogens with one attached hydrogen (secondary N) is 1. The Labute approximate surface area is 122 Å². The summed E-state index contributed by atoms with van der Waals surface area (Å²) in [5.41, 5.74) is 1.83. The molecule has 0 amide bonds. The van der Waals surface area contributed by atoms with Crippen molar-refractivity contribution >= 4 is 0 Å². The molecular weight excluding hydrogens is 276 g/mol. The predicted molar refractivity (Wildman–Crippen MR) is 75.7 cm³/mol. The Balaban J connectivity index is 2.21. The first-order valence-electron chi connectivity index (χ1n) is 6.59. The van der Waals surface area contributed by atoms with E-state index in [1.54, 1.807) is 7.11 Å². The van der Waals surface area contributed by atoms with Crippen LogP contribution in [0.5, 0.6) is 0 Å². The van der Waals surface area contributed by atoms with Crippen LogP contribution in [0, 0.1) is 18.6 Å². The highest BCUT2D eigenvalue weighted by Gasteiger charge is 2.08. The minimum atomic E-state index is -0.644. The number of rotatable bonds is 6. The molecule has 6 heteroatoms. The van der Waals surface area contributed by atoms with Gasteiger partial charge in [0.1, 0.15) is 11.6 Å². The van der Waals surface area contributed by atoms with E-state index in [9.17, 15) is 8.78 Å². The molecule has 0 aliphatic rings. The van der Waals surface area contributed by atoms with E-state index in [0.29, 0.717) is 31.1 Å². The number of hydrogen-bond donors (Lipinski definition) is 1. The zero-order valence-corrected chi connectivity index (χ0v) is 12.0. The fraction of sp³-hybridized carbons (Fsp3) is 0.333. The smallest absolute Gasteiger partial charge is 0.159 e. The molecule has 0 fully saturated rings. The minimum absolute atomic E-state index is 0.317. The van der Waals surface area contributed by atoms with Crippen molar-refractivity contribution in [3.63, 3.8) is 0 Å². The summed E-state index contributed by atoms with van der Waals surface area (Å²) in [5.74, 6) is -0.971. The molecule has 2 rings (SSSR count). The summed E-state index contributed by atoms with van der Waals surface area (Å²) in [6, 6.07) is 5.10. The van der Waals surface area contributed by atoms with Gasteiger partial charge in [0.15, 0.2) is 5.82 Å². The average molecular weight is 293 g/mol. The van der Waals surface area contributed by atoms with E-state index in [1.165, 1.54) is 12.1 Å². The molecule has 0 aliphatic heterocycles. The Bertz CT molecular complexity index is 600. The number of nitrogens with zero attached hydrogens (tertiary/aromatic N) is 2. The molecule has 1 N–H and O–H groups in total. The Morgan fingerprint density at radius 1 is 1.10 bits per heavy atom. The van der Waals surface area contributed by atoms with Gasteiger partial charge >= 0.3 is 0 Å². The third kappa shape index (κ3) is 4.54. The number of aromatic nitrogens is 2. The van der Waals surface area contributed by atoms with Crippen LogP contribution in [0.1, 0.15) is 11.4 Å². The highest BCUT2D eigenvalue weighted by Crippen LogP contribution is 2.19. The lowest BCUT2D eigenvalue weighted by Crippen LogP contribution is -2.19. The summed E-state index contributed by atoms with van der Waals surface area (Å²) >= 11 is 0. The second kappa shape index (κ2) is 7.19. The summed E-state index contributed by atoms with van der Waals surface area (Å²) < 4.78 is 31.5. The van der Waals surface area contributed by atoms with Crippen LogP contribution in [-0.2, 0) is 11.3 Å². The number of hydrogen-bond acceptors (Lipinski definition) is 4. The highest BCUT2D eigenvalue weighted by atomic mass is 19.1. The molecule has 0 saturated carbocycles. The number of methoxy groups -OCH3 is 1. The van der Waals surface area contributed by atoms with Crippen molar-refractivity contribution in [3.8, 4) is 11.4 Å². The van der Waals surface area contributed by atoms with E-state index in [1.807, 2.05) is 13.0 Å². The van der Waals surface area contributed by atoms with E-state index in [0.717, 1.165) is 17.5 Å². The number of benzene rings is 1. The van der Waals surface area contributed by atoms with Crippen LogP contribution in [-0.4, -0.2) is 30.2 Å². The lowest BCUT2D eigenvalue weighted by atomic mass is 10.2. The Hall–Kier alpha value is -1.92. The van der Waals surface area contributed by atoms with Gasteiger partial charge in [-0.15, -0.1) is 0 Å². The summed E-state index contributed by atoms with van der Waals surface area (Å²) in [7, 11) is 1.63. The van der Waals surface area contributed by atoms with Gasteiger partial charge in [0.25, 0.3) is 0 Å². The average Bonchev–Trinajstić information content (AvgIpc) is 2.42. The fourth-order valence-corrected chi connectivity index (χ4v) is 1.93. The van der Waals surface area contributed by atoms with E-state index >= 15 is 0 Å². The Kier molecular flexibility index (Phi) is 5.30. The van der Waals surface area contributed by atoms with Crippen LogP contribution in [0.4, 0.5) is 8.78 Å². The molecule has 21 heavy (non-hydrogen) atoms. The van der Waals surface area contributed by atoms with Gasteiger partial charge in [-0.3, -0.25) is 0 Å². The topological polar surface area (TPSA) is 47.0 Å². The van der Waals surface area contributed by atoms with Crippen LogP contribution in [0.15, 0.2) is 24.3 Å². The monoisotopic (exact) mass is 293 g/mol. The van der Waals surface area contributed by atoms with E-state index < -0.39 is 11.6 Å². The van der Waals surface area contributed by atoms with Gasteiger partial charge in [0.05, 0.1) is 12.3 Å². The first-order chi connectivity index (χ1) is 10.1. The van der Waals surface area contributed by atoms with Crippen LogP contribution >= 0.6 is 0 Å². The molecule has 112 valence electrons. The first-order valence-corrected chi connectivity index (χ1v) is 6.59. The molecule has 0 spiro atoms. The van der Waals surface area contributed by atoms with Gasteiger partial charge in [-0.2, -0.15) is 0 Å². The zero-order chi connectivity index (χ0) is 15.2. The van der Waals surface area contributed by atoms with Crippen LogP contribution in [0.25, 0.3) is 11.4 Å². The third-order valence-electron chi connectivity index (χ3n) is 2.82. The van der Waals surface area contributed by atoms with Crippen LogP contribution in [0.2, 0.25) is 0 Å². The van der Waals surface area contributed by atoms with Gasteiger partial charge in [0, 0.05) is 37.5 Å². The van der Waals surface area contributed by atoms with Crippen molar-refractivity contribution in [2.45, 2.75) is 13.5 Å². The summed E-state index contributed by atoms with van der Waals surface area (Å²) in [5, 5.41) is 3.17. The quantitative estimate of drug-likeness (QED) is 0.831. The summed E-state index contributed by atoms with van der Waals surface area (Å²) in [4.78, 5) is 8.57. The first kappa shape index (κ1) is 15.5. The van der Waals surface area contributed by atoms with Gasteiger partial charge in [-0.05, 0) is 25.1 Å². The van der Waals surface area contributed by atoms with Crippen molar-refractivity contribution in [1.29, 1.82) is 0 Å². The maximum Gasteiger partial charge on any atom is 0.159 e. The SMILES string of the molecule is COCCNCc1cc(C)nc(-c2cc(F)cc(F)c2)n1. The van der Waals surface area contributed by atoms with Gasteiger partial charge in [0.2, 0.25) is 0 Å². The highest BCUT2D eigenvalue weighted by molar-refractivity contribution is 5.55. The van der Waals surface area contributed by atoms with Crippen molar-refractivity contribution < 1.29 is 13.5 Å². The van der Waals surface area contributed by atoms with Crippen molar-refractivity contribution in [2.24, 2.45) is 0 Å². The van der Waals surface area contributed by atoms with E-state index in [-0.39, 0.29) is 0 Å². The summed E-state index contributed by atoms with van der Waals surface area (Å²) in [6.45, 7) is 3.66. The predicted octanol–water partition coefficient (Wildman–Crippen LogP) is 2.47. The largest absolute Gasteiger partial charge is 0.383 e. The minimum Gasteiger partial charge on any atom is -0.383 e. The zero-order valence-electron chi connectivity index (χ0n) is 12.0. The maximum atomic E-state index is 13.3. The van der Waals surface area contributed by atoms with Crippen molar-refractivity contribution in [1.82, 2.24) is 15.3 Å². The van der Waals surface area contributed by atoms with Gasteiger partial charge in [-0.1, -0.05) is 0 Å². The molecule has 0 atom stereocenters. The van der Waals surface area contributed by atoms with Gasteiger partial charge < -0.3 is 10.1 Å². The maximum absolute atomic E-state index is 13.3. The van der Waals surface area contributed by atoms with E-state index in [4.69, 9.17) is 4.74 Å². The van der Waals surface area contributed by atoms with E-state index in [2.05, 4.69) is 15.3 Å². The second-order valence-corrected chi connectivity index (χ2v) is 4.65. The lowest BCUT2D eigenvalue weighted by molar-refractivity contribution is 0.199. The number of ether oxygens (including phenoxy) is 1. The van der Waals surface area contributed by atoms with Gasteiger partial charge in [-0.25, -0.2) is 18.7 Å². The third-order valence-corrected chi connectivity index (χ3v) is 2.82. The standard InChI is InChI=1S/C15H17F2N3O/c1-10-5-14(9-18-3-4-21-2)20-15(19-10)11-6-12(16)8-13(17)7-11/h5-8,18H,3-4,9H2,1-2H3. The molecule has 0 saturated heterocycles. The fourth-order valence-electron chi connectivity index (χ4n) is 1.93. The molecule has 0 radical (unpaired) electrons. The second-order valence-electron chi connectivity index (χ2n) is 4.65. The molecule has 2 aromatic rings. The molecule has 0 aliphatic carbocycles. The molecule has 0 unspecified atom stereocenters. The molecule has 1 aromatic heterocycles. The Morgan fingerprint density at radius 2 is 1.81 bits per heavy atom. The Morgan fingerprint density at radius 3 is 2.48 bits per heavy atom. The number of aryl methyl sites for hydroxylation is 1. The normalized spacial score (nSPS) is 10.9. The lowest BCUT2D eigenvalue weighted by Gasteiger charge is -2.08. The van der Waals surface area contributed by atoms with Crippen LogP contribution < -0.4 is 5.32 Å².